The van der Waals surface area contributed by atoms with Crippen LogP contribution >= 0.6 is 0 Å². The molecule has 1 aliphatic rings. The van der Waals surface area contributed by atoms with Crippen LogP contribution in [-0.4, -0.2) is 43.9 Å². The number of rotatable bonds is 5. The highest BCUT2D eigenvalue weighted by atomic mass is 32.2. The van der Waals surface area contributed by atoms with Gasteiger partial charge in [0.2, 0.25) is 0 Å². The second kappa shape index (κ2) is 7.80. The molecule has 0 bridgehead atoms. The predicted molar refractivity (Wildman–Crippen MR) is 116 cm³/mol. The normalized spacial score (nSPS) is 17.9. The molecule has 1 aromatic heterocycles. The lowest BCUT2D eigenvalue weighted by molar-refractivity contribution is 0.0649. The molecule has 1 atom stereocenters. The van der Waals surface area contributed by atoms with Gasteiger partial charge in [-0.2, -0.15) is 0 Å². The molecule has 3 aromatic rings. The van der Waals surface area contributed by atoms with Crippen molar-refractivity contribution in [1.82, 2.24) is 4.90 Å². The third-order valence-corrected chi connectivity index (χ3v) is 7.46. The van der Waals surface area contributed by atoms with Crippen LogP contribution in [0.1, 0.15) is 33.7 Å². The molecule has 1 aliphatic heterocycles. The van der Waals surface area contributed by atoms with Crippen molar-refractivity contribution in [3.05, 3.63) is 64.9 Å². The van der Waals surface area contributed by atoms with E-state index >= 15 is 0 Å². The van der Waals surface area contributed by atoms with Gasteiger partial charge in [-0.15, -0.1) is 0 Å². The largest absolute Gasteiger partial charge is 0.497 e. The zero-order valence-corrected chi connectivity index (χ0v) is 18.2. The van der Waals surface area contributed by atoms with Gasteiger partial charge in [-0.05, 0) is 50.1 Å². The molecule has 2 heterocycles. The molecule has 1 unspecified atom stereocenters. The third-order valence-electron chi connectivity index (χ3n) is 5.71. The summed E-state index contributed by atoms with van der Waals surface area (Å²) in [5, 5.41) is 0.904. The van der Waals surface area contributed by atoms with Crippen LogP contribution in [0.2, 0.25) is 0 Å². The van der Waals surface area contributed by atoms with Crippen LogP contribution in [0, 0.1) is 13.8 Å². The van der Waals surface area contributed by atoms with Gasteiger partial charge < -0.3 is 14.1 Å². The summed E-state index contributed by atoms with van der Waals surface area (Å²) in [7, 11) is -1.55. The van der Waals surface area contributed by atoms with E-state index in [1.54, 1.807) is 12.0 Å². The second-order valence-corrected chi connectivity index (χ2v) is 10.1. The van der Waals surface area contributed by atoms with Crippen LogP contribution in [0.4, 0.5) is 0 Å². The Morgan fingerprint density at radius 3 is 2.53 bits per heavy atom. The number of hydrogen-bond donors (Lipinski definition) is 0. The maximum atomic E-state index is 13.6. The molecular formula is C23H25NO5S. The number of ether oxygens (including phenoxy) is 1. The molecule has 6 nitrogen and oxygen atoms in total. The fourth-order valence-electron chi connectivity index (χ4n) is 3.98. The van der Waals surface area contributed by atoms with Crippen molar-refractivity contribution in [3.63, 3.8) is 0 Å². The number of furan rings is 1. The molecule has 1 fully saturated rings. The summed E-state index contributed by atoms with van der Waals surface area (Å²) in [5.74, 6) is 0.798. The van der Waals surface area contributed by atoms with E-state index in [-0.39, 0.29) is 29.2 Å². The van der Waals surface area contributed by atoms with Crippen LogP contribution in [0.15, 0.2) is 46.9 Å². The molecule has 0 spiro atoms. The lowest BCUT2D eigenvalue weighted by Gasteiger charge is -2.28. The number of aryl methyl sites for hydroxylation is 2. The highest BCUT2D eigenvalue weighted by Gasteiger charge is 2.36. The Bertz CT molecular complexity index is 1190. The number of sulfone groups is 1. The lowest BCUT2D eigenvalue weighted by Crippen LogP contribution is -2.40. The van der Waals surface area contributed by atoms with Crippen molar-refractivity contribution in [3.8, 4) is 5.75 Å². The molecule has 1 saturated heterocycles. The fraction of sp³-hybridized carbons (Fsp3) is 0.348. The SMILES string of the molecule is COc1ccc(CN(C(=O)c2oc3ccc(C)cc3c2C)C2CCS(=O)(=O)C2)cc1. The minimum absolute atomic E-state index is 0.0206. The minimum Gasteiger partial charge on any atom is -0.497 e. The van der Waals surface area contributed by atoms with E-state index in [0.717, 1.165) is 27.8 Å². The number of carbonyl (C=O) groups is 1. The summed E-state index contributed by atoms with van der Waals surface area (Å²) in [5.41, 5.74) is 3.42. The van der Waals surface area contributed by atoms with Gasteiger partial charge in [-0.1, -0.05) is 23.8 Å². The highest BCUT2D eigenvalue weighted by Crippen LogP contribution is 2.30. The van der Waals surface area contributed by atoms with Gasteiger partial charge in [-0.25, -0.2) is 8.42 Å². The van der Waals surface area contributed by atoms with E-state index in [0.29, 0.717) is 18.5 Å². The average Bonchev–Trinajstić information content (AvgIpc) is 3.25. The van der Waals surface area contributed by atoms with Crippen molar-refractivity contribution in [2.45, 2.75) is 32.9 Å². The number of amides is 1. The Balaban J connectivity index is 1.71. The van der Waals surface area contributed by atoms with Gasteiger partial charge in [0, 0.05) is 23.5 Å². The quantitative estimate of drug-likeness (QED) is 0.617. The van der Waals surface area contributed by atoms with Crippen molar-refractivity contribution < 1.29 is 22.4 Å². The summed E-state index contributed by atoms with van der Waals surface area (Å²) in [6.07, 6.45) is 0.433. The van der Waals surface area contributed by atoms with E-state index in [2.05, 4.69) is 0 Å². The molecule has 0 radical (unpaired) electrons. The van der Waals surface area contributed by atoms with Crippen LogP contribution in [0.25, 0.3) is 11.0 Å². The Morgan fingerprint density at radius 2 is 1.90 bits per heavy atom. The Labute approximate surface area is 176 Å². The zero-order chi connectivity index (χ0) is 21.5. The third kappa shape index (κ3) is 3.94. The van der Waals surface area contributed by atoms with Crippen molar-refractivity contribution in [2.75, 3.05) is 18.6 Å². The summed E-state index contributed by atoms with van der Waals surface area (Å²) < 4.78 is 35.3. The van der Waals surface area contributed by atoms with Crippen molar-refractivity contribution >= 4 is 26.7 Å². The van der Waals surface area contributed by atoms with Crippen LogP contribution in [0.5, 0.6) is 5.75 Å². The van der Waals surface area contributed by atoms with E-state index in [4.69, 9.17) is 9.15 Å². The van der Waals surface area contributed by atoms with Gasteiger partial charge in [0.15, 0.2) is 15.6 Å². The molecule has 0 saturated carbocycles. The van der Waals surface area contributed by atoms with Gasteiger partial charge >= 0.3 is 0 Å². The monoisotopic (exact) mass is 427 g/mol. The first-order valence-electron chi connectivity index (χ1n) is 9.91. The van der Waals surface area contributed by atoms with Crippen LogP contribution in [-0.2, 0) is 16.4 Å². The number of carbonyl (C=O) groups excluding carboxylic acids is 1. The smallest absolute Gasteiger partial charge is 0.290 e. The molecular weight excluding hydrogens is 402 g/mol. The Kier molecular flexibility index (Phi) is 5.32. The molecule has 158 valence electrons. The lowest BCUT2D eigenvalue weighted by atomic mass is 10.1. The van der Waals surface area contributed by atoms with E-state index in [1.165, 1.54) is 0 Å². The maximum Gasteiger partial charge on any atom is 0.290 e. The second-order valence-electron chi connectivity index (χ2n) is 7.89. The molecule has 2 aromatic carbocycles. The van der Waals surface area contributed by atoms with Crippen molar-refractivity contribution in [2.24, 2.45) is 0 Å². The van der Waals surface area contributed by atoms with Gasteiger partial charge in [-0.3, -0.25) is 4.79 Å². The highest BCUT2D eigenvalue weighted by molar-refractivity contribution is 7.91. The number of hydrogen-bond acceptors (Lipinski definition) is 5. The molecule has 0 N–H and O–H groups in total. The zero-order valence-electron chi connectivity index (χ0n) is 17.3. The average molecular weight is 428 g/mol. The molecule has 4 rings (SSSR count). The first-order valence-corrected chi connectivity index (χ1v) is 11.7. The van der Waals surface area contributed by atoms with E-state index in [1.807, 2.05) is 56.3 Å². The summed E-state index contributed by atoms with van der Waals surface area (Å²) in [6, 6.07) is 12.9. The molecule has 1 amide bonds. The van der Waals surface area contributed by atoms with Gasteiger partial charge in [0.1, 0.15) is 11.3 Å². The number of benzene rings is 2. The number of nitrogens with zero attached hydrogens (tertiary/aromatic N) is 1. The summed E-state index contributed by atoms with van der Waals surface area (Å²) in [6.45, 7) is 4.17. The van der Waals surface area contributed by atoms with E-state index < -0.39 is 9.84 Å². The molecule has 7 heteroatoms. The van der Waals surface area contributed by atoms with Gasteiger partial charge in [0.05, 0.1) is 18.6 Å². The first kappa shape index (κ1) is 20.5. The summed E-state index contributed by atoms with van der Waals surface area (Å²) >= 11 is 0. The Hall–Kier alpha value is -2.80. The summed E-state index contributed by atoms with van der Waals surface area (Å²) in [4.78, 5) is 15.2. The van der Waals surface area contributed by atoms with Crippen LogP contribution < -0.4 is 4.74 Å². The van der Waals surface area contributed by atoms with E-state index in [9.17, 15) is 13.2 Å². The maximum absolute atomic E-state index is 13.6. The molecule has 0 aliphatic carbocycles. The molecule has 30 heavy (non-hydrogen) atoms. The Morgan fingerprint density at radius 1 is 1.17 bits per heavy atom. The standard InChI is InChI=1S/C23H25NO5S/c1-15-4-9-21-20(12-15)16(2)22(29-21)23(25)24(18-10-11-30(26,27)14-18)13-17-5-7-19(28-3)8-6-17/h4-9,12,18H,10-11,13-14H2,1-3H3. The number of fused-ring (bicyclic) bond motifs is 1. The van der Waals surface area contributed by atoms with Crippen molar-refractivity contribution in [1.29, 1.82) is 0 Å². The topological polar surface area (TPSA) is 76.8 Å². The predicted octanol–water partition coefficient (Wildman–Crippen LogP) is 3.89. The fourth-order valence-corrected chi connectivity index (χ4v) is 5.72. The van der Waals surface area contributed by atoms with Crippen LogP contribution in [0.3, 0.4) is 0 Å². The van der Waals surface area contributed by atoms with Gasteiger partial charge in [0.25, 0.3) is 5.91 Å². The minimum atomic E-state index is -3.14. The number of methoxy groups -OCH3 is 1. The first-order chi connectivity index (χ1) is 14.3.